The van der Waals surface area contributed by atoms with Crippen LogP contribution < -0.4 is 31.1 Å². The molecule has 21 rings (SSSR count). The second-order valence-electron chi connectivity index (χ2n) is 23.2. The molecule has 7 nitrogen and oxygen atoms in total. The zero-order valence-electron chi connectivity index (χ0n) is 84.3. The molecule has 0 fully saturated rings. The summed E-state index contributed by atoms with van der Waals surface area (Å²) in [7, 11) is 0. The van der Waals surface area contributed by atoms with Gasteiger partial charge in [-0.1, -0.05) is 218 Å². The van der Waals surface area contributed by atoms with Gasteiger partial charge >= 0.3 is 0 Å². The van der Waals surface area contributed by atoms with Gasteiger partial charge in [0, 0.05) is 88.6 Å². The van der Waals surface area contributed by atoms with E-state index in [4.69, 9.17) is 17.1 Å². The fourth-order valence-electron chi connectivity index (χ4n) is 13.9. The summed E-state index contributed by atoms with van der Waals surface area (Å²) in [6, 6.07) is 5.60. The summed E-state index contributed by atoms with van der Waals surface area (Å²) in [5.74, 6) is 0. The number of hydrogen-bond donors (Lipinski definition) is 0. The predicted octanol–water partition coefficient (Wildman–Crippen LogP) is 22.6. The fourth-order valence-corrected chi connectivity index (χ4v) is 13.9. The molecule has 456 valence electrons. The SMILES string of the molecule is [2H]c1c([2H])c(-n2c3c([2H])c([2H])c([2H])c([2H])c3c3c([2H])c([2H])c([2H])c([2H])c32)c([2H])c2c1B1c3c(cc(N(c4ccccc4)c4ccccc4)cc3N(c3c([2H])c(-c4ccccc4)c([2H])c4c3oc3c([2H])c([2H])c([2H])c([2H])c34)c3c([2H])c(-n4c5c([2H])c([2H])c([2H])c([2H])c5c5c([2H])c([2H])c([2H])c([2H])c54)c([2H])c([2H])c31)N2c1c([2H])c(-c2ccccc2)c([2H])c2c1oc1c([2H])c([2H])c([2H])c([2H])c12. The summed E-state index contributed by atoms with van der Waals surface area (Å²) in [6.45, 7) is -2.17. The van der Waals surface area contributed by atoms with Gasteiger partial charge < -0.3 is 32.7 Å². The zero-order chi connectivity index (χ0) is 93.7. The van der Waals surface area contributed by atoms with E-state index >= 15 is 0 Å². The van der Waals surface area contributed by atoms with E-state index in [2.05, 4.69) is 0 Å². The van der Waals surface area contributed by atoms with Gasteiger partial charge in [0.15, 0.2) is 11.2 Å². The van der Waals surface area contributed by atoms with Crippen molar-refractivity contribution in [1.82, 2.24) is 9.13 Å². The van der Waals surface area contributed by atoms with Gasteiger partial charge in [-0.2, -0.15) is 0 Å². The Balaban J connectivity index is 1.07. The Morgan fingerprint density at radius 3 is 1.05 bits per heavy atom. The Kier molecular flexibility index (Phi) is 6.72. The van der Waals surface area contributed by atoms with Gasteiger partial charge in [0.2, 0.25) is 0 Å². The van der Waals surface area contributed by atoms with Crippen molar-refractivity contribution < 1.29 is 55.4 Å². The number of aromatic nitrogens is 2. The third kappa shape index (κ3) is 8.06. The van der Waals surface area contributed by atoms with E-state index in [0.29, 0.717) is 11.4 Å². The van der Waals surface area contributed by atoms with E-state index in [1.54, 1.807) is 102 Å². The molecule has 4 aromatic heterocycles. The summed E-state index contributed by atoms with van der Waals surface area (Å²) in [4.78, 5) is 4.03. The summed E-state index contributed by atoms with van der Waals surface area (Å²) >= 11 is 0. The lowest BCUT2D eigenvalue weighted by Crippen LogP contribution is -2.61. The first kappa shape index (κ1) is 31.0. The van der Waals surface area contributed by atoms with Crippen LogP contribution in [0.1, 0.15) is 46.6 Å². The Bertz CT molecular complexity index is 7960. The molecule has 8 heteroatoms. The van der Waals surface area contributed by atoms with Crippen LogP contribution in [-0.2, 0) is 0 Å². The minimum absolute atomic E-state index is 0.0461. The Labute approximate surface area is 612 Å². The van der Waals surface area contributed by atoms with E-state index < -0.39 is 345 Å². The van der Waals surface area contributed by atoms with Gasteiger partial charge in [0.25, 0.3) is 6.71 Å². The van der Waals surface area contributed by atoms with Gasteiger partial charge in [0.05, 0.1) is 85.7 Å². The van der Waals surface area contributed by atoms with E-state index in [9.17, 15) is 38.4 Å². The standard InChI is InChI=1S/C90H56BN5O2/c1-5-25-57(26-6-1)59-49-72-70-37-17-23-43-86(70)97-89(72)84(51-59)95-80-53-63(93-76-39-19-13-33-66(76)67-34-14-20-40-77(67)93)45-47-74(80)91-75-48-46-64(94-78-41-21-15-35-68(78)69-36-16-22-42-79(69)94)54-81(75)96(85-52-60(58-27-7-2-8-28-58)50-73-71-38-18-24-44-87(71)98-90(73)85)83-56-65(55-82(95)88(83)91)92(61-29-9-3-10-30-61)62-31-11-4-12-32-62/h1-56H/i13D,14D,15D,16D,17D,18D,19D,20D,21D,22D,23D,24D,33D,34D,35D,36D,37D,38D,39D,40D,41D,42D,43D,44D,45D,46D,47D,48D,49D,50D,51D,52D,53D,54D. The van der Waals surface area contributed by atoms with Crippen molar-refractivity contribution in [3.8, 4) is 33.6 Å². The summed E-state index contributed by atoms with van der Waals surface area (Å²) in [5, 5.41) is -3.91. The van der Waals surface area contributed by atoms with Gasteiger partial charge in [-0.05, 0) is 160 Å². The molecule has 0 aliphatic carbocycles. The number of para-hydroxylation sites is 8. The Morgan fingerprint density at radius 1 is 0.296 bits per heavy atom. The average molecular weight is 1280 g/mol. The molecule has 0 atom stereocenters. The maximum Gasteiger partial charge on any atom is 0.252 e. The lowest BCUT2D eigenvalue weighted by atomic mass is 9.33. The van der Waals surface area contributed by atoms with Crippen LogP contribution in [0.5, 0.6) is 0 Å². The quantitative estimate of drug-likeness (QED) is 0.135. The second-order valence-corrected chi connectivity index (χ2v) is 23.2. The molecule has 6 heterocycles. The fraction of sp³-hybridized carbons (Fsp3) is 0. The van der Waals surface area contributed by atoms with Crippen LogP contribution in [0.25, 0.3) is 121 Å². The van der Waals surface area contributed by atoms with Crippen LogP contribution in [0, 0.1) is 0 Å². The number of furan rings is 2. The Morgan fingerprint density at radius 2 is 0.653 bits per heavy atom. The van der Waals surface area contributed by atoms with Crippen LogP contribution in [0.15, 0.2) is 348 Å². The molecule has 15 aromatic carbocycles. The average Bonchev–Trinajstić information content (AvgIpc) is 0.909. The number of rotatable bonds is 9. The van der Waals surface area contributed by atoms with Gasteiger partial charge in [-0.3, -0.25) is 0 Å². The van der Waals surface area contributed by atoms with Gasteiger partial charge in [-0.25, -0.2) is 0 Å². The van der Waals surface area contributed by atoms with Crippen LogP contribution in [0.2, 0.25) is 0 Å². The lowest BCUT2D eigenvalue weighted by molar-refractivity contribution is 0.669. The number of nitrogens with zero attached hydrogens (tertiary/aromatic N) is 5. The number of hydrogen-bond acceptors (Lipinski definition) is 5. The third-order valence-corrected chi connectivity index (χ3v) is 18.0. The predicted molar refractivity (Wildman–Crippen MR) is 409 cm³/mol. The van der Waals surface area contributed by atoms with Crippen LogP contribution in [0.3, 0.4) is 0 Å². The lowest BCUT2D eigenvalue weighted by Gasteiger charge is -2.45. The van der Waals surface area contributed by atoms with E-state index in [0.717, 1.165) is 9.13 Å². The molecule has 2 aliphatic heterocycles. The van der Waals surface area contributed by atoms with Crippen molar-refractivity contribution in [2.75, 3.05) is 14.7 Å². The van der Waals surface area contributed by atoms with Crippen LogP contribution in [0.4, 0.5) is 51.2 Å². The number of anilines is 9. The third-order valence-electron chi connectivity index (χ3n) is 18.0. The highest BCUT2D eigenvalue weighted by Crippen LogP contribution is 2.54. The van der Waals surface area contributed by atoms with Crippen molar-refractivity contribution in [2.24, 2.45) is 0 Å². The normalized spacial score (nSPS) is 17.5. The second kappa shape index (κ2) is 21.2. The largest absolute Gasteiger partial charge is 0.454 e. The van der Waals surface area contributed by atoms with Crippen LogP contribution >= 0.6 is 0 Å². The topological polar surface area (TPSA) is 45.9 Å². The smallest absolute Gasteiger partial charge is 0.252 e. The molecule has 2 aliphatic rings. The van der Waals surface area contributed by atoms with Crippen molar-refractivity contribution in [1.29, 1.82) is 0 Å². The minimum atomic E-state index is -2.17. The van der Waals surface area contributed by atoms with E-state index in [1.807, 2.05) is 0 Å². The van der Waals surface area contributed by atoms with Gasteiger partial charge in [0.1, 0.15) is 11.2 Å². The highest BCUT2D eigenvalue weighted by atomic mass is 16.3. The van der Waals surface area contributed by atoms with E-state index in [-0.39, 0.29) is 44.8 Å². The summed E-state index contributed by atoms with van der Waals surface area (Å²) < 4.78 is 354. The molecule has 19 aromatic rings. The maximum atomic E-state index is 11.7. The highest BCUT2D eigenvalue weighted by molar-refractivity contribution is 7.00. The maximum absolute atomic E-state index is 11.7. The molecule has 0 spiro atoms. The van der Waals surface area contributed by atoms with Crippen molar-refractivity contribution in [3.63, 3.8) is 0 Å². The molecule has 0 amide bonds. The van der Waals surface area contributed by atoms with Gasteiger partial charge in [-0.15, -0.1) is 0 Å². The van der Waals surface area contributed by atoms with Crippen molar-refractivity contribution >= 4 is 162 Å². The summed E-state index contributed by atoms with van der Waals surface area (Å²) in [6.07, 6.45) is 0. The first-order chi connectivity index (χ1) is 62.8. The molecule has 0 N–H and O–H groups in total. The summed E-state index contributed by atoms with van der Waals surface area (Å²) in [5.41, 5.74) is -11.8. The molecule has 98 heavy (non-hydrogen) atoms. The first-order valence-corrected chi connectivity index (χ1v) is 30.8. The molecular weight excluding hydrogens is 1190 g/mol. The molecule has 0 unspecified atom stereocenters. The molecular formula is C90H56BN5O2. The molecule has 0 bridgehead atoms. The highest BCUT2D eigenvalue weighted by Gasteiger charge is 2.46. The zero-order valence-corrected chi connectivity index (χ0v) is 50.3. The molecule has 0 radical (unpaired) electrons. The van der Waals surface area contributed by atoms with E-state index in [1.165, 1.54) is 46.2 Å². The van der Waals surface area contributed by atoms with Crippen LogP contribution in [-0.4, -0.2) is 15.8 Å². The van der Waals surface area contributed by atoms with Crippen molar-refractivity contribution in [2.45, 2.75) is 0 Å². The molecule has 0 saturated heterocycles. The molecule has 0 saturated carbocycles. The monoisotopic (exact) mass is 1280 g/mol. The van der Waals surface area contributed by atoms with Crippen molar-refractivity contribution in [3.05, 3.63) is 339 Å². The Hall–Kier alpha value is -13.0. The first-order valence-electron chi connectivity index (χ1n) is 47.8. The number of benzene rings is 15. The number of fused-ring (bicyclic) bond motifs is 16. The minimum Gasteiger partial charge on any atom is -0.454 e.